The fraction of sp³-hybridized carbons (Fsp3) is 0.471. The number of rotatable bonds is 6. The summed E-state index contributed by atoms with van der Waals surface area (Å²) in [6, 6.07) is 8.14. The SMILES string of the molecule is Cc1ccc(CNC(=O)CSc2nnc(N3CCOCC3)n2C)cc1. The van der Waals surface area contributed by atoms with Gasteiger partial charge < -0.3 is 15.0 Å². The summed E-state index contributed by atoms with van der Waals surface area (Å²) >= 11 is 1.40. The van der Waals surface area contributed by atoms with Crippen LogP contribution in [0, 0.1) is 6.92 Å². The number of amides is 1. The zero-order chi connectivity index (χ0) is 17.6. The Balaban J connectivity index is 1.48. The topological polar surface area (TPSA) is 72.3 Å². The minimum atomic E-state index is -0.0125. The number of anilines is 1. The van der Waals surface area contributed by atoms with E-state index in [0.29, 0.717) is 25.5 Å². The van der Waals surface area contributed by atoms with E-state index in [1.54, 1.807) is 0 Å². The standard InChI is InChI=1S/C17H23N5O2S/c1-13-3-5-14(6-4-13)11-18-15(23)12-25-17-20-19-16(21(17)2)22-7-9-24-10-8-22/h3-6H,7-12H2,1-2H3,(H,18,23). The second kappa shape index (κ2) is 8.35. The summed E-state index contributed by atoms with van der Waals surface area (Å²) < 4.78 is 7.29. The quantitative estimate of drug-likeness (QED) is 0.784. The smallest absolute Gasteiger partial charge is 0.230 e. The zero-order valence-corrected chi connectivity index (χ0v) is 15.4. The van der Waals surface area contributed by atoms with Crippen LogP contribution in [0.3, 0.4) is 0 Å². The van der Waals surface area contributed by atoms with E-state index >= 15 is 0 Å². The van der Waals surface area contributed by atoms with Gasteiger partial charge >= 0.3 is 0 Å². The molecule has 7 nitrogen and oxygen atoms in total. The van der Waals surface area contributed by atoms with Crippen molar-refractivity contribution in [2.75, 3.05) is 37.0 Å². The van der Waals surface area contributed by atoms with Crippen molar-refractivity contribution in [3.63, 3.8) is 0 Å². The van der Waals surface area contributed by atoms with Crippen LogP contribution in [0.5, 0.6) is 0 Å². The summed E-state index contributed by atoms with van der Waals surface area (Å²) in [5.41, 5.74) is 2.31. The second-order valence-electron chi connectivity index (χ2n) is 5.99. The molecule has 1 aromatic heterocycles. The summed E-state index contributed by atoms with van der Waals surface area (Å²) in [4.78, 5) is 14.2. The average molecular weight is 361 g/mol. The molecule has 3 rings (SSSR count). The van der Waals surface area contributed by atoms with Crippen molar-refractivity contribution < 1.29 is 9.53 Å². The molecule has 2 aromatic rings. The van der Waals surface area contributed by atoms with Crippen LogP contribution in [0.2, 0.25) is 0 Å². The summed E-state index contributed by atoms with van der Waals surface area (Å²) in [5.74, 6) is 1.13. The highest BCUT2D eigenvalue weighted by atomic mass is 32.2. The monoisotopic (exact) mass is 361 g/mol. The molecule has 2 heterocycles. The number of hydrogen-bond donors (Lipinski definition) is 1. The Kier molecular flexibility index (Phi) is 5.93. The van der Waals surface area contributed by atoms with E-state index in [4.69, 9.17) is 4.74 Å². The molecule has 1 N–H and O–H groups in total. The lowest BCUT2D eigenvalue weighted by molar-refractivity contribution is -0.118. The number of nitrogens with zero attached hydrogens (tertiary/aromatic N) is 4. The van der Waals surface area contributed by atoms with E-state index in [0.717, 1.165) is 29.8 Å². The molecule has 0 unspecified atom stereocenters. The molecule has 0 spiro atoms. The van der Waals surface area contributed by atoms with Gasteiger partial charge in [-0.15, -0.1) is 10.2 Å². The van der Waals surface area contributed by atoms with Crippen molar-refractivity contribution in [2.24, 2.45) is 7.05 Å². The van der Waals surface area contributed by atoms with E-state index in [-0.39, 0.29) is 5.91 Å². The van der Waals surface area contributed by atoms with Crippen LogP contribution in [0.1, 0.15) is 11.1 Å². The molecule has 8 heteroatoms. The van der Waals surface area contributed by atoms with Gasteiger partial charge in [-0.3, -0.25) is 9.36 Å². The Labute approximate surface area is 151 Å². The largest absolute Gasteiger partial charge is 0.378 e. The summed E-state index contributed by atoms with van der Waals surface area (Å²) in [7, 11) is 1.93. The van der Waals surface area contributed by atoms with E-state index in [9.17, 15) is 4.79 Å². The predicted molar refractivity (Wildman–Crippen MR) is 97.8 cm³/mol. The Morgan fingerprint density at radius 2 is 1.96 bits per heavy atom. The zero-order valence-electron chi connectivity index (χ0n) is 14.6. The maximum absolute atomic E-state index is 12.1. The van der Waals surface area contributed by atoms with Crippen molar-refractivity contribution in [1.82, 2.24) is 20.1 Å². The average Bonchev–Trinajstić information content (AvgIpc) is 3.01. The molecule has 1 aromatic carbocycles. The lowest BCUT2D eigenvalue weighted by Gasteiger charge is -2.27. The van der Waals surface area contributed by atoms with Crippen molar-refractivity contribution in [3.8, 4) is 0 Å². The molecule has 1 fully saturated rings. The minimum absolute atomic E-state index is 0.0125. The van der Waals surface area contributed by atoms with Gasteiger partial charge in [-0.25, -0.2) is 0 Å². The highest BCUT2D eigenvalue weighted by Gasteiger charge is 2.19. The Hall–Kier alpha value is -2.06. The van der Waals surface area contributed by atoms with Gasteiger partial charge in [0.05, 0.1) is 19.0 Å². The van der Waals surface area contributed by atoms with Crippen molar-refractivity contribution >= 4 is 23.6 Å². The minimum Gasteiger partial charge on any atom is -0.378 e. The number of aromatic nitrogens is 3. The van der Waals surface area contributed by atoms with E-state index in [2.05, 4.69) is 20.4 Å². The van der Waals surface area contributed by atoms with Gasteiger partial charge in [-0.05, 0) is 12.5 Å². The van der Waals surface area contributed by atoms with Crippen molar-refractivity contribution in [3.05, 3.63) is 35.4 Å². The lowest BCUT2D eigenvalue weighted by atomic mass is 10.1. The van der Waals surface area contributed by atoms with E-state index in [1.807, 2.05) is 42.8 Å². The van der Waals surface area contributed by atoms with Crippen molar-refractivity contribution in [1.29, 1.82) is 0 Å². The van der Waals surface area contributed by atoms with Crippen LogP contribution < -0.4 is 10.2 Å². The number of ether oxygens (including phenoxy) is 1. The van der Waals surface area contributed by atoms with Gasteiger partial charge in [0.25, 0.3) is 0 Å². The van der Waals surface area contributed by atoms with Gasteiger partial charge in [0.2, 0.25) is 11.9 Å². The molecule has 1 aliphatic rings. The third-order valence-corrected chi connectivity index (χ3v) is 5.07. The van der Waals surface area contributed by atoms with Gasteiger partial charge in [0.15, 0.2) is 5.16 Å². The Morgan fingerprint density at radius 1 is 1.24 bits per heavy atom. The molecule has 0 aliphatic carbocycles. The maximum Gasteiger partial charge on any atom is 0.230 e. The first-order valence-electron chi connectivity index (χ1n) is 8.30. The third-order valence-electron chi connectivity index (χ3n) is 4.05. The number of thioether (sulfide) groups is 1. The number of carbonyl (C=O) groups is 1. The van der Waals surface area contributed by atoms with Gasteiger partial charge in [0, 0.05) is 26.7 Å². The fourth-order valence-electron chi connectivity index (χ4n) is 2.56. The van der Waals surface area contributed by atoms with Crippen LogP contribution in [0.25, 0.3) is 0 Å². The number of aryl methyl sites for hydroxylation is 1. The molecule has 25 heavy (non-hydrogen) atoms. The first kappa shape index (κ1) is 17.8. The number of carbonyl (C=O) groups excluding carboxylic acids is 1. The number of morpholine rings is 1. The van der Waals surface area contributed by atoms with Crippen LogP contribution >= 0.6 is 11.8 Å². The fourth-order valence-corrected chi connectivity index (χ4v) is 3.30. The molecule has 0 saturated carbocycles. The molecule has 1 aliphatic heterocycles. The predicted octanol–water partition coefficient (Wildman–Crippen LogP) is 1.37. The first-order chi connectivity index (χ1) is 12.1. The first-order valence-corrected chi connectivity index (χ1v) is 9.29. The third kappa shape index (κ3) is 4.73. The highest BCUT2D eigenvalue weighted by molar-refractivity contribution is 7.99. The normalized spacial score (nSPS) is 14.6. The molecule has 1 amide bonds. The van der Waals surface area contributed by atoms with Gasteiger partial charge in [0.1, 0.15) is 0 Å². The van der Waals surface area contributed by atoms with Gasteiger partial charge in [-0.2, -0.15) is 0 Å². The second-order valence-corrected chi connectivity index (χ2v) is 6.93. The molecule has 1 saturated heterocycles. The molecular formula is C17H23N5O2S. The van der Waals surface area contributed by atoms with Crippen LogP contribution in [-0.2, 0) is 23.1 Å². The van der Waals surface area contributed by atoms with Crippen molar-refractivity contribution in [2.45, 2.75) is 18.6 Å². The summed E-state index contributed by atoms with van der Waals surface area (Å²) in [6.45, 7) is 5.62. The van der Waals surface area contributed by atoms with Gasteiger partial charge in [-0.1, -0.05) is 41.6 Å². The summed E-state index contributed by atoms with van der Waals surface area (Å²) in [5, 5.41) is 12.1. The van der Waals surface area contributed by atoms with Crippen LogP contribution in [0.15, 0.2) is 29.4 Å². The number of nitrogens with one attached hydrogen (secondary N) is 1. The van der Waals surface area contributed by atoms with Crippen LogP contribution in [-0.4, -0.2) is 52.7 Å². The molecule has 0 atom stereocenters. The van der Waals surface area contributed by atoms with E-state index in [1.165, 1.54) is 17.3 Å². The molecule has 0 radical (unpaired) electrons. The molecule has 134 valence electrons. The van der Waals surface area contributed by atoms with E-state index < -0.39 is 0 Å². The van der Waals surface area contributed by atoms with Crippen LogP contribution in [0.4, 0.5) is 5.95 Å². The summed E-state index contributed by atoms with van der Waals surface area (Å²) in [6.07, 6.45) is 0. The highest BCUT2D eigenvalue weighted by Crippen LogP contribution is 2.20. The molecule has 0 bridgehead atoms. The maximum atomic E-state index is 12.1. The molecular weight excluding hydrogens is 338 g/mol. The lowest BCUT2D eigenvalue weighted by Crippen LogP contribution is -2.37. The number of hydrogen-bond acceptors (Lipinski definition) is 6. The Morgan fingerprint density at radius 3 is 2.68 bits per heavy atom. The Bertz CT molecular complexity index is 710. The number of benzene rings is 1.